The highest BCUT2D eigenvalue weighted by Crippen LogP contribution is 2.40. The Balaban J connectivity index is 2.08. The Kier molecular flexibility index (Phi) is 5.12. The van der Waals surface area contributed by atoms with Gasteiger partial charge in [0.25, 0.3) is 0 Å². The highest BCUT2D eigenvalue weighted by molar-refractivity contribution is 6.51. The molecule has 0 aromatic rings. The predicted octanol–water partition coefficient (Wildman–Crippen LogP) is 4.21. The van der Waals surface area contributed by atoms with Crippen molar-refractivity contribution in [3.63, 3.8) is 0 Å². The Labute approximate surface area is 153 Å². The second-order valence-corrected chi connectivity index (χ2v) is 9.85. The van der Waals surface area contributed by atoms with Crippen molar-refractivity contribution < 1.29 is 18.8 Å². The topological polar surface area (TPSA) is 48.0 Å². The van der Waals surface area contributed by atoms with E-state index in [2.05, 4.69) is 47.5 Å². The van der Waals surface area contributed by atoms with Gasteiger partial charge in [-0.3, -0.25) is 0 Å². The van der Waals surface area contributed by atoms with Crippen LogP contribution in [0.4, 0.5) is 4.79 Å². The Morgan fingerprint density at radius 1 is 1.12 bits per heavy atom. The van der Waals surface area contributed by atoms with Crippen LogP contribution in [0, 0.1) is 5.41 Å². The molecule has 0 N–H and O–H groups in total. The van der Waals surface area contributed by atoms with Crippen molar-refractivity contribution in [2.24, 2.45) is 5.41 Å². The number of hydrogen-bond donors (Lipinski definition) is 0. The van der Waals surface area contributed by atoms with Gasteiger partial charge in [-0.1, -0.05) is 25.4 Å². The summed E-state index contributed by atoms with van der Waals surface area (Å²) in [6.07, 6.45) is 0.561. The highest BCUT2D eigenvalue weighted by atomic mass is 16.7. The van der Waals surface area contributed by atoms with Gasteiger partial charge in [0.05, 0.1) is 11.2 Å². The van der Waals surface area contributed by atoms with Gasteiger partial charge in [0, 0.05) is 18.5 Å². The van der Waals surface area contributed by atoms with Gasteiger partial charge in [-0.2, -0.15) is 0 Å². The minimum Gasteiger partial charge on any atom is -0.444 e. The number of carbonyl (C=O) groups is 1. The van der Waals surface area contributed by atoms with Crippen molar-refractivity contribution in [1.82, 2.24) is 4.90 Å². The lowest BCUT2D eigenvalue weighted by Crippen LogP contribution is -2.47. The van der Waals surface area contributed by atoms with E-state index in [0.717, 1.165) is 6.42 Å². The molecule has 0 aromatic heterocycles. The first-order valence-electron chi connectivity index (χ1n) is 9.18. The Morgan fingerprint density at radius 2 is 1.64 bits per heavy atom. The fourth-order valence-electron chi connectivity index (χ4n) is 3.16. The molecule has 2 rings (SSSR count). The average molecular weight is 351 g/mol. The standard InChI is InChI=1S/C19H34BNO4/c1-16(2,3)23-15(22)21-11-10-14(17(4,5)13-21)12-20-24-18(6,7)19(8,9)25-20/h12H,10-11,13H2,1-9H3/b14-12-. The number of rotatable bonds is 1. The normalized spacial score (nSPS) is 26.8. The van der Waals surface area contributed by atoms with Gasteiger partial charge >= 0.3 is 13.2 Å². The smallest absolute Gasteiger partial charge is 0.444 e. The van der Waals surface area contributed by atoms with Crippen molar-refractivity contribution in [2.45, 2.75) is 85.5 Å². The van der Waals surface area contributed by atoms with Crippen molar-refractivity contribution in [3.05, 3.63) is 11.5 Å². The second-order valence-electron chi connectivity index (χ2n) is 9.85. The summed E-state index contributed by atoms with van der Waals surface area (Å²) >= 11 is 0. The van der Waals surface area contributed by atoms with E-state index in [4.69, 9.17) is 14.0 Å². The largest absolute Gasteiger partial charge is 0.487 e. The first-order chi connectivity index (χ1) is 11.1. The average Bonchev–Trinajstić information content (AvgIpc) is 2.57. The zero-order valence-corrected chi connectivity index (χ0v) is 17.4. The molecule has 0 spiro atoms. The zero-order chi connectivity index (χ0) is 19.3. The summed E-state index contributed by atoms with van der Waals surface area (Å²) in [5, 5.41) is 0. The number of nitrogens with zero attached hydrogens (tertiary/aromatic N) is 1. The lowest BCUT2D eigenvalue weighted by molar-refractivity contribution is 0.00578. The van der Waals surface area contributed by atoms with Gasteiger partial charge in [-0.05, 0) is 54.9 Å². The van der Waals surface area contributed by atoms with E-state index >= 15 is 0 Å². The van der Waals surface area contributed by atoms with Gasteiger partial charge in [0.1, 0.15) is 5.60 Å². The summed E-state index contributed by atoms with van der Waals surface area (Å²) in [7, 11) is -0.340. The fraction of sp³-hybridized carbons (Fsp3) is 0.842. The molecule has 2 heterocycles. The van der Waals surface area contributed by atoms with E-state index in [1.165, 1.54) is 5.57 Å². The summed E-state index contributed by atoms with van der Waals surface area (Å²) in [6.45, 7) is 19.5. The monoisotopic (exact) mass is 351 g/mol. The lowest BCUT2D eigenvalue weighted by atomic mass is 9.73. The molecule has 0 radical (unpaired) electrons. The molecule has 2 saturated heterocycles. The molecule has 2 aliphatic rings. The molecule has 0 aromatic carbocycles. The summed E-state index contributed by atoms with van der Waals surface area (Å²) in [6, 6.07) is 0. The van der Waals surface area contributed by atoms with Crippen LogP contribution < -0.4 is 0 Å². The van der Waals surface area contributed by atoms with Crippen LogP contribution in [0.1, 0.15) is 68.7 Å². The third-order valence-electron chi connectivity index (χ3n) is 5.37. The van der Waals surface area contributed by atoms with Crippen LogP contribution >= 0.6 is 0 Å². The van der Waals surface area contributed by atoms with Gasteiger partial charge in [-0.25, -0.2) is 4.79 Å². The third kappa shape index (κ3) is 4.59. The Bertz CT molecular complexity index is 544. The Hall–Kier alpha value is -1.01. The molecule has 0 bridgehead atoms. The number of likely N-dealkylation sites (tertiary alicyclic amines) is 1. The van der Waals surface area contributed by atoms with E-state index in [1.807, 2.05) is 20.8 Å². The molecular weight excluding hydrogens is 317 g/mol. The maximum Gasteiger partial charge on any atom is 0.487 e. The third-order valence-corrected chi connectivity index (χ3v) is 5.37. The predicted molar refractivity (Wildman–Crippen MR) is 100 cm³/mol. The molecule has 2 fully saturated rings. The molecule has 6 heteroatoms. The van der Waals surface area contributed by atoms with Crippen LogP contribution in [-0.2, 0) is 14.0 Å². The highest BCUT2D eigenvalue weighted by Gasteiger charge is 2.51. The van der Waals surface area contributed by atoms with Gasteiger partial charge in [0.15, 0.2) is 0 Å². The van der Waals surface area contributed by atoms with Crippen LogP contribution in [0.25, 0.3) is 0 Å². The van der Waals surface area contributed by atoms with Crippen LogP contribution in [-0.4, -0.2) is 48.0 Å². The SMILES string of the molecule is CC(C)(C)OC(=O)N1CC/C(=C/B2OC(C)(C)C(C)(C)O2)C(C)(C)C1. The van der Waals surface area contributed by atoms with Crippen molar-refractivity contribution >= 4 is 13.2 Å². The number of carbonyl (C=O) groups excluding carboxylic acids is 1. The van der Waals surface area contributed by atoms with Crippen LogP contribution in [0.3, 0.4) is 0 Å². The number of ether oxygens (including phenoxy) is 1. The molecule has 5 nitrogen and oxygen atoms in total. The quantitative estimate of drug-likeness (QED) is 0.664. The fourth-order valence-corrected chi connectivity index (χ4v) is 3.16. The van der Waals surface area contributed by atoms with Gasteiger partial charge in [0.2, 0.25) is 0 Å². The minimum atomic E-state index is -0.472. The molecule has 1 amide bonds. The maximum atomic E-state index is 12.4. The summed E-state index contributed by atoms with van der Waals surface area (Å²) in [4.78, 5) is 14.2. The van der Waals surface area contributed by atoms with Crippen molar-refractivity contribution in [2.75, 3.05) is 13.1 Å². The Morgan fingerprint density at radius 3 is 2.08 bits per heavy atom. The molecule has 142 valence electrons. The molecule has 0 saturated carbocycles. The van der Waals surface area contributed by atoms with E-state index in [-0.39, 0.29) is 29.8 Å². The number of hydrogen-bond acceptors (Lipinski definition) is 4. The summed E-state index contributed by atoms with van der Waals surface area (Å²) in [5.41, 5.74) is -0.0175. The molecule has 0 atom stereocenters. The number of amides is 1. The van der Waals surface area contributed by atoms with Crippen molar-refractivity contribution in [3.8, 4) is 0 Å². The minimum absolute atomic E-state index is 0.140. The van der Waals surface area contributed by atoms with Crippen molar-refractivity contribution in [1.29, 1.82) is 0 Å². The van der Waals surface area contributed by atoms with Crippen LogP contribution in [0.5, 0.6) is 0 Å². The molecule has 2 aliphatic heterocycles. The molecule has 0 unspecified atom stereocenters. The van der Waals surface area contributed by atoms with Gasteiger partial charge in [-0.15, -0.1) is 0 Å². The molecular formula is C19H34BNO4. The summed E-state index contributed by atoms with van der Waals surface area (Å²) < 4.78 is 17.7. The second kappa shape index (κ2) is 6.31. The first-order valence-corrected chi connectivity index (χ1v) is 9.18. The van der Waals surface area contributed by atoms with Crippen LogP contribution in [0.2, 0.25) is 0 Å². The lowest BCUT2D eigenvalue weighted by Gasteiger charge is -2.41. The molecule has 0 aliphatic carbocycles. The summed E-state index contributed by atoms with van der Waals surface area (Å²) in [5.74, 6) is 2.10. The van der Waals surface area contributed by atoms with Crippen LogP contribution in [0.15, 0.2) is 11.5 Å². The van der Waals surface area contributed by atoms with E-state index in [0.29, 0.717) is 13.1 Å². The maximum absolute atomic E-state index is 12.4. The zero-order valence-electron chi connectivity index (χ0n) is 17.4. The number of piperidine rings is 1. The van der Waals surface area contributed by atoms with E-state index in [1.54, 1.807) is 4.90 Å². The van der Waals surface area contributed by atoms with E-state index < -0.39 is 5.60 Å². The first kappa shape index (κ1) is 20.3. The van der Waals surface area contributed by atoms with E-state index in [9.17, 15) is 4.79 Å². The van der Waals surface area contributed by atoms with Gasteiger partial charge < -0.3 is 18.9 Å². The molecule has 25 heavy (non-hydrogen) atoms.